The third kappa shape index (κ3) is 1.61. The van der Waals surface area contributed by atoms with Gasteiger partial charge in [0.15, 0.2) is 0 Å². The van der Waals surface area contributed by atoms with Gasteiger partial charge in [-0.05, 0) is 12.8 Å². The van der Waals surface area contributed by atoms with Crippen LogP contribution in [-0.4, -0.2) is 25.8 Å². The molecule has 0 aromatic rings. The van der Waals surface area contributed by atoms with Crippen LogP contribution in [0.3, 0.4) is 0 Å². The first kappa shape index (κ1) is 9.13. The van der Waals surface area contributed by atoms with Gasteiger partial charge >= 0.3 is 0 Å². The van der Waals surface area contributed by atoms with E-state index in [1.165, 1.54) is 7.11 Å². The van der Waals surface area contributed by atoms with Gasteiger partial charge in [-0.25, -0.2) is 0 Å². The van der Waals surface area contributed by atoms with E-state index >= 15 is 0 Å². The van der Waals surface area contributed by atoms with Crippen molar-refractivity contribution in [1.29, 1.82) is 0 Å². The van der Waals surface area contributed by atoms with Gasteiger partial charge in [-0.1, -0.05) is 6.08 Å². The highest BCUT2D eigenvalue weighted by atomic mass is 16.5. The molecule has 1 aliphatic rings. The first-order chi connectivity index (χ1) is 5.83. The SMILES string of the molecule is COC1C(C=O)=CCC[C@H]1C=O. The lowest BCUT2D eigenvalue weighted by Gasteiger charge is -2.24. The zero-order valence-corrected chi connectivity index (χ0v) is 7.03. The number of hydrogen-bond acceptors (Lipinski definition) is 3. The van der Waals surface area contributed by atoms with Crippen LogP contribution in [0.5, 0.6) is 0 Å². The summed E-state index contributed by atoms with van der Waals surface area (Å²) < 4.78 is 5.07. The van der Waals surface area contributed by atoms with Crippen molar-refractivity contribution < 1.29 is 14.3 Å². The maximum atomic E-state index is 10.6. The Morgan fingerprint density at radius 1 is 1.58 bits per heavy atom. The quantitative estimate of drug-likeness (QED) is 0.583. The fourth-order valence-electron chi connectivity index (χ4n) is 1.52. The molecule has 3 heteroatoms. The molecule has 1 rings (SSSR count). The molecule has 0 radical (unpaired) electrons. The average Bonchev–Trinajstić information content (AvgIpc) is 2.16. The Labute approximate surface area is 71.4 Å². The molecule has 0 N–H and O–H groups in total. The highest BCUT2D eigenvalue weighted by Gasteiger charge is 2.26. The van der Waals surface area contributed by atoms with Crippen LogP contribution in [0.1, 0.15) is 12.8 Å². The molecule has 0 saturated heterocycles. The summed E-state index contributed by atoms with van der Waals surface area (Å²) in [6.07, 6.45) is 4.71. The molecule has 0 aromatic carbocycles. The van der Waals surface area contributed by atoms with Gasteiger partial charge in [0.1, 0.15) is 12.6 Å². The molecule has 0 fully saturated rings. The standard InChI is InChI=1S/C9H12O3/c1-12-9-7(5-10)3-2-4-8(9)6-11/h3,5-6,8-9H,2,4H2,1H3/t8-,9?/m0/s1. The minimum absolute atomic E-state index is 0.153. The van der Waals surface area contributed by atoms with Gasteiger partial charge < -0.3 is 9.53 Å². The number of hydrogen-bond donors (Lipinski definition) is 0. The third-order valence-corrected chi connectivity index (χ3v) is 2.16. The Kier molecular flexibility index (Phi) is 3.17. The summed E-state index contributed by atoms with van der Waals surface area (Å²) in [4.78, 5) is 21.1. The van der Waals surface area contributed by atoms with Crippen LogP contribution in [0.15, 0.2) is 11.6 Å². The number of aldehydes is 2. The first-order valence-electron chi connectivity index (χ1n) is 3.96. The summed E-state index contributed by atoms with van der Waals surface area (Å²) in [6, 6.07) is 0. The van der Waals surface area contributed by atoms with Gasteiger partial charge in [0.25, 0.3) is 0 Å². The molecule has 1 aliphatic carbocycles. The van der Waals surface area contributed by atoms with E-state index in [0.717, 1.165) is 25.4 Å². The molecule has 2 atom stereocenters. The minimum Gasteiger partial charge on any atom is -0.376 e. The van der Waals surface area contributed by atoms with Crippen molar-refractivity contribution in [2.45, 2.75) is 18.9 Å². The molecule has 12 heavy (non-hydrogen) atoms. The molecule has 0 heterocycles. The van der Waals surface area contributed by atoms with Crippen LogP contribution < -0.4 is 0 Å². The Bertz CT molecular complexity index is 208. The van der Waals surface area contributed by atoms with Crippen molar-refractivity contribution >= 4 is 12.6 Å². The molecule has 0 spiro atoms. The zero-order valence-electron chi connectivity index (χ0n) is 7.03. The van der Waals surface area contributed by atoms with E-state index in [1.54, 1.807) is 0 Å². The largest absolute Gasteiger partial charge is 0.376 e. The third-order valence-electron chi connectivity index (χ3n) is 2.16. The van der Waals surface area contributed by atoms with Crippen LogP contribution in [-0.2, 0) is 14.3 Å². The van der Waals surface area contributed by atoms with E-state index in [9.17, 15) is 9.59 Å². The Morgan fingerprint density at radius 2 is 2.33 bits per heavy atom. The van der Waals surface area contributed by atoms with Crippen molar-refractivity contribution in [3.05, 3.63) is 11.6 Å². The van der Waals surface area contributed by atoms with Crippen LogP contribution >= 0.6 is 0 Å². The highest BCUT2D eigenvalue weighted by Crippen LogP contribution is 2.24. The van der Waals surface area contributed by atoms with Gasteiger partial charge in [0, 0.05) is 18.6 Å². The predicted octanol–water partition coefficient (Wildman–Crippen LogP) is 0.736. The van der Waals surface area contributed by atoms with Gasteiger partial charge in [-0.2, -0.15) is 0 Å². The topological polar surface area (TPSA) is 43.4 Å². The lowest BCUT2D eigenvalue weighted by atomic mass is 9.87. The normalized spacial score (nSPS) is 29.2. The second-order valence-electron chi connectivity index (χ2n) is 2.86. The fourth-order valence-corrected chi connectivity index (χ4v) is 1.52. The molecular weight excluding hydrogens is 156 g/mol. The van der Waals surface area contributed by atoms with Crippen molar-refractivity contribution in [3.63, 3.8) is 0 Å². The van der Waals surface area contributed by atoms with Crippen LogP contribution in [0.2, 0.25) is 0 Å². The summed E-state index contributed by atoms with van der Waals surface area (Å²) in [6.45, 7) is 0. The number of ether oxygens (including phenoxy) is 1. The Balaban J connectivity index is 2.80. The van der Waals surface area contributed by atoms with Crippen LogP contribution in [0.25, 0.3) is 0 Å². The Morgan fingerprint density at radius 3 is 2.83 bits per heavy atom. The number of carbonyl (C=O) groups is 2. The van der Waals surface area contributed by atoms with E-state index in [-0.39, 0.29) is 12.0 Å². The highest BCUT2D eigenvalue weighted by molar-refractivity contribution is 5.77. The average molecular weight is 168 g/mol. The Hall–Kier alpha value is -0.960. The summed E-state index contributed by atoms with van der Waals surface area (Å²) >= 11 is 0. The van der Waals surface area contributed by atoms with Crippen molar-refractivity contribution in [2.24, 2.45) is 5.92 Å². The molecule has 66 valence electrons. The van der Waals surface area contributed by atoms with Crippen molar-refractivity contribution in [1.82, 2.24) is 0 Å². The predicted molar refractivity (Wildman–Crippen MR) is 43.7 cm³/mol. The second kappa shape index (κ2) is 4.16. The van der Waals surface area contributed by atoms with E-state index in [4.69, 9.17) is 4.74 Å². The van der Waals surface area contributed by atoms with Gasteiger partial charge in [0.05, 0.1) is 6.10 Å². The number of allylic oxidation sites excluding steroid dienone is 1. The maximum Gasteiger partial charge on any atom is 0.148 e. The molecule has 1 unspecified atom stereocenters. The lowest BCUT2D eigenvalue weighted by Crippen LogP contribution is -2.29. The summed E-state index contributed by atoms with van der Waals surface area (Å²) in [5, 5.41) is 0. The summed E-state index contributed by atoms with van der Waals surface area (Å²) in [7, 11) is 1.52. The summed E-state index contributed by atoms with van der Waals surface area (Å²) in [5.74, 6) is -0.153. The van der Waals surface area contributed by atoms with E-state index in [0.29, 0.717) is 5.57 Å². The maximum absolute atomic E-state index is 10.6. The molecule has 0 bridgehead atoms. The lowest BCUT2D eigenvalue weighted by molar-refractivity contribution is -0.115. The smallest absolute Gasteiger partial charge is 0.148 e. The van der Waals surface area contributed by atoms with E-state index < -0.39 is 0 Å². The fraction of sp³-hybridized carbons (Fsp3) is 0.556. The van der Waals surface area contributed by atoms with E-state index in [1.807, 2.05) is 6.08 Å². The molecule has 0 amide bonds. The minimum atomic E-state index is -0.325. The summed E-state index contributed by atoms with van der Waals surface area (Å²) in [5.41, 5.74) is 0.598. The van der Waals surface area contributed by atoms with Crippen LogP contribution in [0, 0.1) is 5.92 Å². The number of carbonyl (C=O) groups excluding carboxylic acids is 2. The van der Waals surface area contributed by atoms with E-state index in [2.05, 4.69) is 0 Å². The van der Waals surface area contributed by atoms with Crippen LogP contribution in [0.4, 0.5) is 0 Å². The van der Waals surface area contributed by atoms with Crippen molar-refractivity contribution in [3.8, 4) is 0 Å². The second-order valence-corrected chi connectivity index (χ2v) is 2.86. The molecule has 0 aromatic heterocycles. The molecule has 3 nitrogen and oxygen atoms in total. The molecule has 0 saturated carbocycles. The molecular formula is C9H12O3. The number of rotatable bonds is 3. The van der Waals surface area contributed by atoms with Gasteiger partial charge in [0.2, 0.25) is 0 Å². The number of methoxy groups -OCH3 is 1. The van der Waals surface area contributed by atoms with Crippen molar-refractivity contribution in [2.75, 3.05) is 7.11 Å². The van der Waals surface area contributed by atoms with Gasteiger partial charge in [-0.3, -0.25) is 4.79 Å². The monoisotopic (exact) mass is 168 g/mol. The zero-order chi connectivity index (χ0) is 8.97. The first-order valence-corrected chi connectivity index (χ1v) is 3.96. The molecule has 0 aliphatic heterocycles. The van der Waals surface area contributed by atoms with Gasteiger partial charge in [-0.15, -0.1) is 0 Å².